The van der Waals surface area contributed by atoms with E-state index in [0.717, 1.165) is 109 Å². The summed E-state index contributed by atoms with van der Waals surface area (Å²) in [5.41, 5.74) is 0. The van der Waals surface area contributed by atoms with Gasteiger partial charge in [-0.05, 0) is 122 Å². The van der Waals surface area contributed by atoms with Gasteiger partial charge in [-0.3, -0.25) is 9.59 Å². The van der Waals surface area contributed by atoms with Crippen LogP contribution in [0.4, 0.5) is 0 Å². The van der Waals surface area contributed by atoms with Crippen molar-refractivity contribution in [3.8, 4) is 0 Å². The molecule has 0 aliphatic carbocycles. The van der Waals surface area contributed by atoms with Crippen LogP contribution < -0.4 is 5.32 Å². The number of rotatable bonds is 50. The van der Waals surface area contributed by atoms with Crippen molar-refractivity contribution in [2.75, 3.05) is 19.8 Å². The standard InChI is InChI=1S/C63H109NO10/c1-3-5-7-9-11-13-15-16-17-18-19-22-25-28-31-35-39-43-47-51-59(68)72-52-48-44-40-36-32-29-26-23-20-21-24-27-30-34-38-42-46-50-58(67)64-55(54-73-63-62(71)61(70)60(69)57(53-65)74-63)56(66)49-45-41-37-33-14-12-10-8-6-4-2/h6,8,11,13-14,16-17,20,23,29,32-33,45,49,55-57,60-63,65-66,69-71H,3-5,7,9-10,12,15,18-19,21-22,24-28,30-31,34-44,46-48,50-54H2,1-2H3,(H,64,67)/b8-6+,13-11-,17-16-,23-20-,32-29-,33-14+,49-45+. The summed E-state index contributed by atoms with van der Waals surface area (Å²) in [6.07, 6.45) is 59.8. The third-order valence-corrected chi connectivity index (χ3v) is 13.4. The van der Waals surface area contributed by atoms with E-state index in [2.05, 4.69) is 92.1 Å². The van der Waals surface area contributed by atoms with Crippen molar-refractivity contribution < 1.29 is 49.3 Å². The molecule has 6 N–H and O–H groups in total. The molecule has 7 unspecified atom stereocenters. The molecule has 1 heterocycles. The van der Waals surface area contributed by atoms with Crippen molar-refractivity contribution in [1.29, 1.82) is 0 Å². The number of nitrogens with one attached hydrogen (secondary N) is 1. The zero-order valence-corrected chi connectivity index (χ0v) is 46.8. The number of aliphatic hydroxyl groups excluding tert-OH is 5. The maximum absolute atomic E-state index is 13.0. The fourth-order valence-corrected chi connectivity index (χ4v) is 8.71. The van der Waals surface area contributed by atoms with E-state index in [1.807, 2.05) is 6.08 Å². The second-order valence-corrected chi connectivity index (χ2v) is 20.3. The highest BCUT2D eigenvalue weighted by Gasteiger charge is 2.44. The van der Waals surface area contributed by atoms with E-state index in [-0.39, 0.29) is 18.5 Å². The highest BCUT2D eigenvalue weighted by Crippen LogP contribution is 2.23. The SMILES string of the molecule is CC/C=C/CC/C=C/CC/C=C/C(O)C(COC1OC(CO)C(O)C(O)C1O)NC(=O)CCCCCCCCC/C=C\C/C=C\CCCCCOC(=O)CCCCCCCCCCC/C=C\C/C=C\CCCCC. The number of aliphatic hydroxyl groups is 5. The summed E-state index contributed by atoms with van der Waals surface area (Å²) in [6, 6.07) is -0.848. The highest BCUT2D eigenvalue weighted by molar-refractivity contribution is 5.76. The first-order valence-corrected chi connectivity index (χ1v) is 29.9. The Morgan fingerprint density at radius 3 is 1.47 bits per heavy atom. The Balaban J connectivity index is 2.07. The van der Waals surface area contributed by atoms with Crippen LogP contribution in [0.1, 0.15) is 239 Å². The number of carbonyl (C=O) groups is 2. The summed E-state index contributed by atoms with van der Waals surface area (Å²) < 4.78 is 16.6. The Kier molecular flexibility index (Phi) is 48.3. The van der Waals surface area contributed by atoms with Crippen molar-refractivity contribution >= 4 is 11.9 Å². The van der Waals surface area contributed by atoms with Gasteiger partial charge in [-0.15, -0.1) is 0 Å². The Labute approximate surface area is 451 Å². The Morgan fingerprint density at radius 2 is 0.959 bits per heavy atom. The van der Waals surface area contributed by atoms with Crippen LogP contribution in [0.25, 0.3) is 0 Å². The van der Waals surface area contributed by atoms with Crippen molar-refractivity contribution in [2.24, 2.45) is 0 Å². The molecule has 1 aliphatic heterocycles. The molecule has 7 atom stereocenters. The average Bonchev–Trinajstić information content (AvgIpc) is 3.40. The minimum atomic E-state index is -1.59. The summed E-state index contributed by atoms with van der Waals surface area (Å²) in [5.74, 6) is -0.256. The van der Waals surface area contributed by atoms with Gasteiger partial charge in [0, 0.05) is 12.8 Å². The molecule has 1 rings (SSSR count). The van der Waals surface area contributed by atoms with Gasteiger partial charge in [0.1, 0.15) is 24.4 Å². The Hall–Kier alpha value is -3.16. The lowest BCUT2D eigenvalue weighted by molar-refractivity contribution is -0.302. The van der Waals surface area contributed by atoms with E-state index in [1.165, 1.54) is 96.3 Å². The minimum absolute atomic E-state index is 0.0388. The number of ether oxygens (including phenoxy) is 3. The molecular formula is C63H109NO10. The van der Waals surface area contributed by atoms with Crippen LogP contribution >= 0.6 is 0 Å². The van der Waals surface area contributed by atoms with Gasteiger partial charge in [0.05, 0.1) is 32.0 Å². The molecule has 0 spiro atoms. The third kappa shape index (κ3) is 41.1. The molecule has 0 radical (unpaired) electrons. The fraction of sp³-hybridized carbons (Fsp3) is 0.746. The molecule has 1 amide bonds. The smallest absolute Gasteiger partial charge is 0.305 e. The maximum Gasteiger partial charge on any atom is 0.305 e. The molecule has 0 aromatic heterocycles. The molecule has 0 aromatic rings. The number of amides is 1. The normalized spacial score (nSPS) is 19.5. The molecular weight excluding hydrogens is 931 g/mol. The predicted octanol–water partition coefficient (Wildman–Crippen LogP) is 13.8. The molecule has 11 heteroatoms. The topological polar surface area (TPSA) is 175 Å². The lowest BCUT2D eigenvalue weighted by Crippen LogP contribution is -2.60. The van der Waals surface area contributed by atoms with Crippen LogP contribution in [0.15, 0.2) is 85.1 Å². The second kappa shape index (κ2) is 51.9. The molecule has 1 saturated heterocycles. The van der Waals surface area contributed by atoms with Gasteiger partial charge in [-0.25, -0.2) is 0 Å². The van der Waals surface area contributed by atoms with Gasteiger partial charge in [-0.1, -0.05) is 189 Å². The van der Waals surface area contributed by atoms with Crippen LogP contribution in [-0.4, -0.2) is 100 Å². The largest absolute Gasteiger partial charge is 0.466 e. The molecule has 1 aliphatic rings. The molecule has 1 fully saturated rings. The van der Waals surface area contributed by atoms with Crippen LogP contribution in [0.3, 0.4) is 0 Å². The summed E-state index contributed by atoms with van der Waals surface area (Å²) in [6.45, 7) is 4.10. The fourth-order valence-electron chi connectivity index (χ4n) is 8.71. The predicted molar refractivity (Wildman–Crippen MR) is 306 cm³/mol. The molecule has 74 heavy (non-hydrogen) atoms. The third-order valence-electron chi connectivity index (χ3n) is 13.4. The number of hydrogen-bond acceptors (Lipinski definition) is 10. The van der Waals surface area contributed by atoms with E-state index in [0.29, 0.717) is 25.9 Å². The first kappa shape index (κ1) is 68.9. The molecule has 0 aromatic carbocycles. The second-order valence-electron chi connectivity index (χ2n) is 20.3. The van der Waals surface area contributed by atoms with E-state index in [4.69, 9.17) is 14.2 Å². The number of unbranched alkanes of at least 4 members (excludes halogenated alkanes) is 24. The summed E-state index contributed by atoms with van der Waals surface area (Å²) in [4.78, 5) is 25.1. The van der Waals surface area contributed by atoms with Crippen LogP contribution in [-0.2, 0) is 23.8 Å². The zero-order valence-electron chi connectivity index (χ0n) is 46.8. The van der Waals surface area contributed by atoms with Gasteiger partial charge < -0.3 is 45.1 Å². The van der Waals surface area contributed by atoms with Gasteiger partial charge in [-0.2, -0.15) is 0 Å². The van der Waals surface area contributed by atoms with Gasteiger partial charge >= 0.3 is 5.97 Å². The molecule has 0 saturated carbocycles. The van der Waals surface area contributed by atoms with Crippen molar-refractivity contribution in [3.05, 3.63) is 85.1 Å². The summed E-state index contributed by atoms with van der Waals surface area (Å²) in [5, 5.41) is 54.2. The van der Waals surface area contributed by atoms with E-state index in [1.54, 1.807) is 6.08 Å². The number of esters is 1. The maximum atomic E-state index is 13.0. The zero-order chi connectivity index (χ0) is 53.8. The van der Waals surface area contributed by atoms with E-state index < -0.39 is 49.5 Å². The van der Waals surface area contributed by atoms with Crippen molar-refractivity contribution in [2.45, 2.75) is 281 Å². The average molecular weight is 1040 g/mol. The Morgan fingerprint density at radius 1 is 0.514 bits per heavy atom. The molecule has 11 nitrogen and oxygen atoms in total. The van der Waals surface area contributed by atoms with Crippen molar-refractivity contribution in [1.82, 2.24) is 5.32 Å². The van der Waals surface area contributed by atoms with Crippen LogP contribution in [0.2, 0.25) is 0 Å². The Bertz CT molecular complexity index is 1500. The van der Waals surface area contributed by atoms with Crippen molar-refractivity contribution in [3.63, 3.8) is 0 Å². The quantitative estimate of drug-likeness (QED) is 0.0195. The number of hydrogen-bond donors (Lipinski definition) is 6. The first-order chi connectivity index (χ1) is 36.2. The first-order valence-electron chi connectivity index (χ1n) is 29.9. The van der Waals surface area contributed by atoms with Crippen LogP contribution in [0, 0.1) is 0 Å². The summed E-state index contributed by atoms with van der Waals surface area (Å²) >= 11 is 0. The van der Waals surface area contributed by atoms with Gasteiger partial charge in [0.2, 0.25) is 5.91 Å². The van der Waals surface area contributed by atoms with Gasteiger partial charge in [0.25, 0.3) is 0 Å². The highest BCUT2D eigenvalue weighted by atomic mass is 16.7. The van der Waals surface area contributed by atoms with Gasteiger partial charge in [0.15, 0.2) is 6.29 Å². The van der Waals surface area contributed by atoms with E-state index in [9.17, 15) is 35.1 Å². The minimum Gasteiger partial charge on any atom is -0.466 e. The van der Waals surface area contributed by atoms with E-state index >= 15 is 0 Å². The monoisotopic (exact) mass is 1040 g/mol. The molecule has 0 bridgehead atoms. The number of allylic oxidation sites excluding steroid dienone is 13. The van der Waals surface area contributed by atoms with Crippen LogP contribution in [0.5, 0.6) is 0 Å². The lowest BCUT2D eigenvalue weighted by atomic mass is 9.99. The molecule has 426 valence electrons. The summed E-state index contributed by atoms with van der Waals surface area (Å²) in [7, 11) is 0. The lowest BCUT2D eigenvalue weighted by Gasteiger charge is -2.40. The number of carbonyl (C=O) groups excluding carboxylic acids is 2.